The van der Waals surface area contributed by atoms with E-state index in [2.05, 4.69) is 19.0 Å². The van der Waals surface area contributed by atoms with E-state index in [1.165, 1.54) is 24.8 Å². The minimum atomic E-state index is -0.828. The Morgan fingerprint density at radius 2 is 1.85 bits per heavy atom. The summed E-state index contributed by atoms with van der Waals surface area (Å²) >= 11 is 0. The molecule has 1 aromatic rings. The second-order valence-corrected chi connectivity index (χ2v) is 9.00. The molecule has 0 radical (unpaired) electrons. The van der Waals surface area contributed by atoms with Crippen LogP contribution in [0.4, 0.5) is 0 Å². The quantitative estimate of drug-likeness (QED) is 0.553. The van der Waals surface area contributed by atoms with E-state index in [1.807, 2.05) is 0 Å². The molecule has 3 rings (SSSR count). The maximum Gasteiger partial charge on any atom is 0.303 e. The zero-order valence-electron chi connectivity index (χ0n) is 16.7. The van der Waals surface area contributed by atoms with E-state index < -0.39 is 5.97 Å². The number of carbonyl (C=O) groups is 2. The molecule has 2 aliphatic carbocycles. The zero-order valence-corrected chi connectivity index (χ0v) is 16.7. The molecule has 1 N–H and O–H groups in total. The van der Waals surface area contributed by atoms with Gasteiger partial charge in [0, 0.05) is 30.2 Å². The Balaban J connectivity index is 1.75. The number of aldehydes is 1. The van der Waals surface area contributed by atoms with Crippen molar-refractivity contribution in [3.8, 4) is 0 Å². The summed E-state index contributed by atoms with van der Waals surface area (Å²) in [6.07, 6.45) is 10.1. The fourth-order valence-corrected chi connectivity index (χ4v) is 4.80. The van der Waals surface area contributed by atoms with Crippen LogP contribution in [0.15, 0.2) is 4.52 Å². The third-order valence-corrected chi connectivity index (χ3v) is 6.27. The number of aliphatic carboxylic acids is 1. The molecule has 0 bridgehead atoms. The molecule has 2 aliphatic rings. The molecule has 5 heteroatoms. The molecule has 0 spiro atoms. The largest absolute Gasteiger partial charge is 0.481 e. The summed E-state index contributed by atoms with van der Waals surface area (Å²) in [6, 6.07) is 0. The van der Waals surface area contributed by atoms with Crippen LogP contribution >= 0.6 is 0 Å². The zero-order chi connectivity index (χ0) is 19.4. The molecule has 27 heavy (non-hydrogen) atoms. The highest BCUT2D eigenvalue weighted by Gasteiger charge is 2.38. The molecular weight excluding hydrogens is 342 g/mol. The van der Waals surface area contributed by atoms with Crippen LogP contribution in [0, 0.1) is 11.8 Å². The van der Waals surface area contributed by atoms with Crippen LogP contribution in [-0.4, -0.2) is 22.5 Å². The summed E-state index contributed by atoms with van der Waals surface area (Å²) in [5.74, 6) is 2.59. The molecule has 2 saturated carbocycles. The third-order valence-electron chi connectivity index (χ3n) is 6.27. The Bertz CT molecular complexity index is 639. The predicted molar refractivity (Wildman–Crippen MR) is 103 cm³/mol. The first-order valence-electron chi connectivity index (χ1n) is 10.6. The van der Waals surface area contributed by atoms with Crippen molar-refractivity contribution in [1.82, 2.24) is 5.16 Å². The molecule has 1 heterocycles. The molecule has 0 saturated heterocycles. The van der Waals surface area contributed by atoms with Gasteiger partial charge >= 0.3 is 5.97 Å². The van der Waals surface area contributed by atoms with Crippen molar-refractivity contribution in [2.75, 3.05) is 0 Å². The van der Waals surface area contributed by atoms with E-state index in [-0.39, 0.29) is 12.3 Å². The van der Waals surface area contributed by atoms with E-state index in [4.69, 9.17) is 9.63 Å². The van der Waals surface area contributed by atoms with Crippen LogP contribution in [0.25, 0.3) is 0 Å². The second kappa shape index (κ2) is 9.03. The lowest BCUT2D eigenvalue weighted by Gasteiger charge is -2.28. The summed E-state index contributed by atoms with van der Waals surface area (Å²) in [5.41, 5.74) is 2.09. The summed E-state index contributed by atoms with van der Waals surface area (Å²) in [4.78, 5) is 22.2. The van der Waals surface area contributed by atoms with Crippen LogP contribution in [-0.2, 0) is 9.59 Å². The lowest BCUT2D eigenvalue weighted by molar-refractivity contribution is -0.137. The Morgan fingerprint density at radius 1 is 1.19 bits per heavy atom. The highest BCUT2D eigenvalue weighted by molar-refractivity contribution is 5.67. The van der Waals surface area contributed by atoms with Crippen molar-refractivity contribution in [2.24, 2.45) is 11.8 Å². The van der Waals surface area contributed by atoms with E-state index >= 15 is 0 Å². The first-order valence-corrected chi connectivity index (χ1v) is 10.6. The van der Waals surface area contributed by atoms with Crippen LogP contribution in [0.2, 0.25) is 0 Å². The van der Waals surface area contributed by atoms with Crippen molar-refractivity contribution in [3.63, 3.8) is 0 Å². The standard InChI is InChI=1S/C22H33NO4/c1-14(2)13-15-3-5-18(6-4-15)22-20(16-7-8-16)21(23-27-22)17(11-12-24)9-10-19(25)26/h12,14-18H,3-11,13H2,1-2H3,(H,25,26). The molecule has 0 amide bonds. The van der Waals surface area contributed by atoms with Crippen LogP contribution < -0.4 is 0 Å². The average Bonchev–Trinajstić information content (AvgIpc) is 3.37. The third kappa shape index (κ3) is 5.20. The van der Waals surface area contributed by atoms with Gasteiger partial charge in [-0.15, -0.1) is 0 Å². The summed E-state index contributed by atoms with van der Waals surface area (Å²) in [6.45, 7) is 4.59. The van der Waals surface area contributed by atoms with E-state index in [0.717, 1.165) is 55.3 Å². The Morgan fingerprint density at radius 3 is 2.41 bits per heavy atom. The highest BCUT2D eigenvalue weighted by Crippen LogP contribution is 2.50. The molecule has 5 nitrogen and oxygen atoms in total. The van der Waals surface area contributed by atoms with Crippen LogP contribution in [0.5, 0.6) is 0 Å². The first kappa shape index (κ1) is 20.1. The van der Waals surface area contributed by atoms with Gasteiger partial charge in [-0.1, -0.05) is 19.0 Å². The number of aromatic nitrogens is 1. The fourth-order valence-electron chi connectivity index (χ4n) is 4.80. The second-order valence-electron chi connectivity index (χ2n) is 9.00. The number of hydrogen-bond acceptors (Lipinski definition) is 4. The Labute approximate surface area is 161 Å². The lowest BCUT2D eigenvalue weighted by atomic mass is 9.76. The van der Waals surface area contributed by atoms with Crippen molar-refractivity contribution in [2.45, 2.75) is 95.8 Å². The lowest BCUT2D eigenvalue weighted by Crippen LogP contribution is -2.15. The van der Waals surface area contributed by atoms with Crippen molar-refractivity contribution >= 4 is 12.3 Å². The highest BCUT2D eigenvalue weighted by atomic mass is 16.5. The fraction of sp³-hybridized carbons (Fsp3) is 0.773. The molecule has 2 fully saturated rings. The predicted octanol–water partition coefficient (Wildman–Crippen LogP) is 5.41. The maximum absolute atomic E-state index is 11.2. The number of hydrogen-bond donors (Lipinski definition) is 1. The van der Waals surface area contributed by atoms with Gasteiger partial charge in [0.25, 0.3) is 0 Å². The normalized spacial score (nSPS) is 24.1. The first-order chi connectivity index (χ1) is 13.0. The van der Waals surface area contributed by atoms with Gasteiger partial charge in [0.05, 0.1) is 5.69 Å². The van der Waals surface area contributed by atoms with Crippen LogP contribution in [0.3, 0.4) is 0 Å². The van der Waals surface area contributed by atoms with Crippen molar-refractivity contribution in [3.05, 3.63) is 17.0 Å². The SMILES string of the molecule is CC(C)CC1CCC(c2onc(C(CC=O)CCC(=O)O)c2C2CC2)CC1. The van der Waals surface area contributed by atoms with Crippen LogP contribution in [0.1, 0.15) is 113 Å². The number of nitrogens with zero attached hydrogens (tertiary/aromatic N) is 1. The minimum Gasteiger partial charge on any atom is -0.481 e. The van der Waals surface area contributed by atoms with Gasteiger partial charge in [0.15, 0.2) is 0 Å². The van der Waals surface area contributed by atoms with E-state index in [9.17, 15) is 9.59 Å². The molecule has 1 unspecified atom stereocenters. The van der Waals surface area contributed by atoms with Gasteiger partial charge in [0.1, 0.15) is 12.0 Å². The van der Waals surface area contributed by atoms with E-state index in [0.29, 0.717) is 24.7 Å². The van der Waals surface area contributed by atoms with Gasteiger partial charge in [-0.3, -0.25) is 4.79 Å². The molecule has 1 aromatic heterocycles. The maximum atomic E-state index is 11.2. The van der Waals surface area contributed by atoms with E-state index in [1.54, 1.807) is 0 Å². The van der Waals surface area contributed by atoms with Gasteiger partial charge in [-0.2, -0.15) is 0 Å². The van der Waals surface area contributed by atoms with Gasteiger partial charge < -0.3 is 14.4 Å². The summed E-state index contributed by atoms with van der Waals surface area (Å²) in [5, 5.41) is 13.4. The number of carboxylic acids is 1. The molecule has 0 aromatic carbocycles. The summed E-state index contributed by atoms with van der Waals surface area (Å²) < 4.78 is 5.87. The molecule has 1 atom stereocenters. The van der Waals surface area contributed by atoms with Crippen molar-refractivity contribution < 1.29 is 19.2 Å². The monoisotopic (exact) mass is 375 g/mol. The van der Waals surface area contributed by atoms with Gasteiger partial charge in [-0.05, 0) is 69.1 Å². The molecule has 150 valence electrons. The Kier molecular flexibility index (Phi) is 6.72. The topological polar surface area (TPSA) is 80.4 Å². The minimum absolute atomic E-state index is 0.0606. The van der Waals surface area contributed by atoms with Crippen molar-refractivity contribution in [1.29, 1.82) is 0 Å². The van der Waals surface area contributed by atoms with Gasteiger partial charge in [-0.25, -0.2) is 0 Å². The number of carboxylic acid groups (broad SMARTS) is 1. The number of carbonyl (C=O) groups excluding carboxylic acids is 1. The average molecular weight is 376 g/mol. The smallest absolute Gasteiger partial charge is 0.303 e. The summed E-state index contributed by atoms with van der Waals surface area (Å²) in [7, 11) is 0. The number of rotatable bonds is 10. The van der Waals surface area contributed by atoms with Gasteiger partial charge in [0.2, 0.25) is 0 Å². The Hall–Kier alpha value is -1.65. The molecule has 0 aliphatic heterocycles. The molecular formula is C22H33NO4.